The second-order valence-electron chi connectivity index (χ2n) is 6.81. The number of carbonyl (C=O) groups excluding carboxylic acids is 3. The Morgan fingerprint density at radius 3 is 2.33 bits per heavy atom. The number of ether oxygens (including phenoxy) is 2. The van der Waals surface area contributed by atoms with Crippen molar-refractivity contribution in [3.63, 3.8) is 0 Å². The lowest BCUT2D eigenvalue weighted by atomic mass is 9.63. The van der Waals surface area contributed by atoms with E-state index < -0.39 is 41.1 Å². The van der Waals surface area contributed by atoms with Gasteiger partial charge in [-0.3, -0.25) is 14.4 Å². The summed E-state index contributed by atoms with van der Waals surface area (Å²) in [5, 5.41) is 10.8. The Morgan fingerprint density at radius 2 is 1.74 bits per heavy atom. The number of hydrogen-bond acceptors (Lipinski definition) is 6. The van der Waals surface area contributed by atoms with Gasteiger partial charge < -0.3 is 14.6 Å². The first kappa shape index (κ1) is 20.8. The van der Waals surface area contributed by atoms with Gasteiger partial charge in [-0.25, -0.2) is 0 Å². The minimum atomic E-state index is -1.61. The monoisotopic (exact) mass is 374 g/mol. The van der Waals surface area contributed by atoms with Crippen molar-refractivity contribution in [3.8, 4) is 0 Å². The van der Waals surface area contributed by atoms with Crippen LogP contribution in [0.1, 0.15) is 32.8 Å². The van der Waals surface area contributed by atoms with E-state index in [1.54, 1.807) is 26.0 Å². The van der Waals surface area contributed by atoms with E-state index in [4.69, 9.17) is 9.47 Å². The summed E-state index contributed by atoms with van der Waals surface area (Å²) in [6, 6.07) is 9.30. The lowest BCUT2D eigenvalue weighted by molar-refractivity contribution is -0.174. The van der Waals surface area contributed by atoms with E-state index >= 15 is 0 Å². The molecule has 6 nitrogen and oxygen atoms in total. The molecule has 4 atom stereocenters. The molecule has 0 unspecified atom stereocenters. The zero-order valence-electron chi connectivity index (χ0n) is 15.9. The first-order valence-electron chi connectivity index (χ1n) is 9.13. The smallest absolute Gasteiger partial charge is 0.317 e. The van der Waals surface area contributed by atoms with E-state index in [0.29, 0.717) is 0 Å². The Bertz CT molecular complexity index is 707. The highest BCUT2D eigenvalue weighted by Crippen LogP contribution is 2.42. The molecule has 0 aliphatic heterocycles. The summed E-state index contributed by atoms with van der Waals surface area (Å²) in [6.45, 7) is 5.01. The fourth-order valence-electron chi connectivity index (χ4n) is 3.57. The largest absolute Gasteiger partial charge is 0.466 e. The van der Waals surface area contributed by atoms with Crippen molar-refractivity contribution >= 4 is 23.8 Å². The van der Waals surface area contributed by atoms with Crippen molar-refractivity contribution in [2.75, 3.05) is 13.2 Å². The molecule has 0 heterocycles. The zero-order chi connectivity index (χ0) is 20.0. The van der Waals surface area contributed by atoms with Gasteiger partial charge in [0.2, 0.25) is 0 Å². The van der Waals surface area contributed by atoms with Crippen LogP contribution in [0.3, 0.4) is 0 Å². The molecule has 0 spiro atoms. The van der Waals surface area contributed by atoms with Crippen LogP contribution in [0.5, 0.6) is 0 Å². The predicted octanol–water partition coefficient (Wildman–Crippen LogP) is 2.40. The van der Waals surface area contributed by atoms with Crippen LogP contribution < -0.4 is 0 Å². The third kappa shape index (κ3) is 4.83. The Kier molecular flexibility index (Phi) is 6.91. The maximum absolute atomic E-state index is 12.6. The van der Waals surface area contributed by atoms with Crippen LogP contribution in [-0.2, 0) is 23.9 Å². The molecule has 0 amide bonds. The predicted molar refractivity (Wildman–Crippen MR) is 99.5 cm³/mol. The number of carbonyl (C=O) groups is 3. The molecule has 146 valence electrons. The topological polar surface area (TPSA) is 89.9 Å². The molecule has 1 aromatic rings. The van der Waals surface area contributed by atoms with E-state index in [0.717, 1.165) is 5.56 Å². The minimum Gasteiger partial charge on any atom is -0.466 e. The van der Waals surface area contributed by atoms with Gasteiger partial charge in [0.25, 0.3) is 0 Å². The molecule has 27 heavy (non-hydrogen) atoms. The molecule has 0 radical (unpaired) electrons. The number of benzene rings is 1. The van der Waals surface area contributed by atoms with E-state index in [1.807, 2.05) is 30.3 Å². The van der Waals surface area contributed by atoms with Crippen LogP contribution in [0.15, 0.2) is 36.4 Å². The third-order valence-electron chi connectivity index (χ3n) is 4.71. The number of allylic oxidation sites excluding steroid dienone is 1. The Morgan fingerprint density at radius 1 is 1.15 bits per heavy atom. The quantitative estimate of drug-likeness (QED) is 0.607. The van der Waals surface area contributed by atoms with Crippen LogP contribution in [0.25, 0.3) is 6.08 Å². The van der Waals surface area contributed by atoms with Crippen LogP contribution in [0, 0.1) is 17.8 Å². The highest BCUT2D eigenvalue weighted by Gasteiger charge is 2.55. The summed E-state index contributed by atoms with van der Waals surface area (Å²) in [6.07, 6.45) is 3.05. The van der Waals surface area contributed by atoms with Crippen LogP contribution in [-0.4, -0.2) is 41.6 Å². The molecule has 2 rings (SSSR count). The molecule has 1 aliphatic rings. The summed E-state index contributed by atoms with van der Waals surface area (Å²) in [5.41, 5.74) is -0.765. The molecule has 1 fully saturated rings. The van der Waals surface area contributed by atoms with E-state index in [1.165, 1.54) is 6.92 Å². The second-order valence-corrected chi connectivity index (χ2v) is 6.81. The van der Waals surface area contributed by atoms with Gasteiger partial charge in [-0.1, -0.05) is 42.5 Å². The number of Topliss-reactive ketones (excluding diaryl/α,β-unsaturated/α-hetero) is 1. The number of esters is 2. The van der Waals surface area contributed by atoms with Crippen LogP contribution in [0.4, 0.5) is 0 Å². The van der Waals surface area contributed by atoms with Crippen molar-refractivity contribution in [2.45, 2.75) is 32.8 Å². The fraction of sp³-hybridized carbons (Fsp3) is 0.476. The summed E-state index contributed by atoms with van der Waals surface area (Å²) >= 11 is 0. The number of aliphatic hydroxyl groups is 1. The third-order valence-corrected chi connectivity index (χ3v) is 4.71. The van der Waals surface area contributed by atoms with Gasteiger partial charge in [-0.2, -0.15) is 0 Å². The molecular weight excluding hydrogens is 348 g/mol. The van der Waals surface area contributed by atoms with Gasteiger partial charge in [0, 0.05) is 12.3 Å². The van der Waals surface area contributed by atoms with Crippen molar-refractivity contribution in [3.05, 3.63) is 42.0 Å². The van der Waals surface area contributed by atoms with E-state index in [-0.39, 0.29) is 19.6 Å². The van der Waals surface area contributed by atoms with Gasteiger partial charge in [-0.05, 0) is 26.3 Å². The maximum atomic E-state index is 12.6. The summed E-state index contributed by atoms with van der Waals surface area (Å²) in [5.74, 6) is -4.83. The SMILES string of the molecule is CCOC(=O)[C@H]1C(=O)C[C@](C)(O)[C@@H](C(=O)OCC)[C@@H]1/C=C/c1ccccc1. The van der Waals surface area contributed by atoms with Crippen LogP contribution in [0.2, 0.25) is 0 Å². The molecule has 1 aliphatic carbocycles. The lowest BCUT2D eigenvalue weighted by Gasteiger charge is -2.42. The highest BCUT2D eigenvalue weighted by atomic mass is 16.5. The molecule has 0 saturated heterocycles. The van der Waals surface area contributed by atoms with Crippen molar-refractivity contribution in [1.82, 2.24) is 0 Å². The minimum absolute atomic E-state index is 0.123. The van der Waals surface area contributed by atoms with Crippen LogP contribution >= 0.6 is 0 Å². The highest BCUT2D eigenvalue weighted by molar-refractivity contribution is 6.02. The zero-order valence-corrected chi connectivity index (χ0v) is 15.9. The summed E-state index contributed by atoms with van der Waals surface area (Å²) in [4.78, 5) is 37.7. The fourth-order valence-corrected chi connectivity index (χ4v) is 3.57. The number of hydrogen-bond donors (Lipinski definition) is 1. The first-order valence-corrected chi connectivity index (χ1v) is 9.13. The molecule has 6 heteroatoms. The number of ketones is 1. The van der Waals surface area contributed by atoms with E-state index in [2.05, 4.69) is 0 Å². The Labute approximate surface area is 159 Å². The van der Waals surface area contributed by atoms with Crippen molar-refractivity contribution < 1.29 is 29.0 Å². The summed E-state index contributed by atoms with van der Waals surface area (Å²) in [7, 11) is 0. The Hall–Kier alpha value is -2.47. The van der Waals surface area contributed by atoms with Gasteiger partial charge in [-0.15, -0.1) is 0 Å². The molecule has 1 saturated carbocycles. The molecule has 0 bridgehead atoms. The maximum Gasteiger partial charge on any atom is 0.317 e. The van der Waals surface area contributed by atoms with Crippen molar-refractivity contribution in [1.29, 1.82) is 0 Å². The second kappa shape index (κ2) is 8.95. The number of rotatable bonds is 6. The summed E-state index contributed by atoms with van der Waals surface area (Å²) < 4.78 is 10.2. The normalized spacial score (nSPS) is 28.1. The van der Waals surface area contributed by atoms with Crippen molar-refractivity contribution in [2.24, 2.45) is 17.8 Å². The van der Waals surface area contributed by atoms with Gasteiger partial charge in [0.05, 0.1) is 24.7 Å². The average Bonchev–Trinajstić information content (AvgIpc) is 2.59. The standard InChI is InChI=1S/C21H26O6/c1-4-26-19(23)17-15(12-11-14-9-7-6-8-10-14)18(20(24)27-5-2)21(3,25)13-16(17)22/h6-12,15,17-18,25H,4-5,13H2,1-3H3/b12-11+/t15-,17-,18-,21+/m1/s1. The lowest BCUT2D eigenvalue weighted by Crippen LogP contribution is -2.55. The average molecular weight is 374 g/mol. The molecule has 1 aromatic carbocycles. The molecule has 1 N–H and O–H groups in total. The Balaban J connectivity index is 2.48. The van der Waals surface area contributed by atoms with E-state index in [9.17, 15) is 19.5 Å². The van der Waals surface area contributed by atoms with Gasteiger partial charge in [0.15, 0.2) is 5.78 Å². The molecular formula is C21H26O6. The first-order chi connectivity index (χ1) is 12.8. The molecule has 0 aromatic heterocycles. The van der Waals surface area contributed by atoms with Gasteiger partial charge >= 0.3 is 11.9 Å². The van der Waals surface area contributed by atoms with Gasteiger partial charge in [0.1, 0.15) is 5.92 Å².